The molecule has 4 aliphatic rings. The smallest absolute Gasteiger partial charge is 0.128 e. The van der Waals surface area contributed by atoms with Gasteiger partial charge in [-0.15, -0.1) is 0 Å². The minimum absolute atomic E-state index is 0. The molecular formula is C24H32I2N2. The van der Waals surface area contributed by atoms with E-state index in [0.29, 0.717) is 11.8 Å². The number of benzene rings is 2. The van der Waals surface area contributed by atoms with Crippen molar-refractivity contribution in [1.82, 2.24) is 0 Å². The van der Waals surface area contributed by atoms with Crippen molar-refractivity contribution in [3.05, 3.63) is 70.8 Å². The highest BCUT2D eigenvalue weighted by molar-refractivity contribution is 5.55. The Balaban J connectivity index is 0.00000112. The Morgan fingerprint density at radius 3 is 1.68 bits per heavy atom. The Labute approximate surface area is 204 Å². The van der Waals surface area contributed by atoms with E-state index in [-0.39, 0.29) is 48.0 Å². The van der Waals surface area contributed by atoms with Crippen LogP contribution in [0.3, 0.4) is 0 Å². The Bertz CT molecular complexity index is 791. The van der Waals surface area contributed by atoms with E-state index in [9.17, 15) is 0 Å². The van der Waals surface area contributed by atoms with Crippen LogP contribution in [-0.2, 0) is 0 Å². The molecule has 1 atom stereocenters. The number of hydrogen-bond acceptors (Lipinski definition) is 0. The van der Waals surface area contributed by atoms with E-state index < -0.39 is 0 Å². The van der Waals surface area contributed by atoms with Crippen LogP contribution >= 0.6 is 0 Å². The van der Waals surface area contributed by atoms with Gasteiger partial charge in [-0.2, -0.15) is 0 Å². The van der Waals surface area contributed by atoms with E-state index in [1.807, 2.05) is 0 Å². The second-order valence-electron chi connectivity index (χ2n) is 9.92. The molecule has 0 spiro atoms. The highest BCUT2D eigenvalue weighted by atomic mass is 127. The van der Waals surface area contributed by atoms with Crippen LogP contribution < -0.4 is 48.0 Å². The first kappa shape index (κ1) is 22.5. The van der Waals surface area contributed by atoms with Crippen molar-refractivity contribution in [2.45, 2.75) is 18.3 Å². The van der Waals surface area contributed by atoms with Gasteiger partial charge in [0.1, 0.15) is 26.2 Å². The van der Waals surface area contributed by atoms with Crippen LogP contribution in [0.2, 0.25) is 0 Å². The molecule has 1 saturated heterocycles. The van der Waals surface area contributed by atoms with Crippen LogP contribution in [-0.4, -0.2) is 62.8 Å². The molecule has 1 heterocycles. The molecule has 4 heteroatoms. The average Bonchev–Trinajstić information content (AvgIpc) is 2.65. The fraction of sp³-hybridized carbons (Fsp3) is 0.500. The van der Waals surface area contributed by atoms with Gasteiger partial charge in [-0.05, 0) is 28.7 Å². The van der Waals surface area contributed by atoms with Crippen LogP contribution in [0.4, 0.5) is 0 Å². The molecule has 2 aromatic rings. The summed E-state index contributed by atoms with van der Waals surface area (Å²) in [6.45, 7) is 6.60. The molecule has 2 bridgehead atoms. The SMILES string of the molecule is C[N+]1(C)CC[N+](C)(CC2CC3c4ccccc4C2c2ccccc23)CC1.[I-].[I-]. The number of quaternary nitrogens is 2. The highest BCUT2D eigenvalue weighted by Crippen LogP contribution is 2.55. The van der Waals surface area contributed by atoms with Gasteiger partial charge in [0.25, 0.3) is 0 Å². The fourth-order valence-corrected chi connectivity index (χ4v) is 5.94. The van der Waals surface area contributed by atoms with Crippen LogP contribution in [0.25, 0.3) is 0 Å². The first-order chi connectivity index (χ1) is 12.5. The Hall–Kier alpha value is -0.180. The van der Waals surface area contributed by atoms with Crippen molar-refractivity contribution in [3.8, 4) is 0 Å². The largest absolute Gasteiger partial charge is 1.00 e. The third kappa shape index (κ3) is 3.79. The normalized spacial score (nSPS) is 28.3. The number of piperazine rings is 1. The molecule has 1 aliphatic heterocycles. The summed E-state index contributed by atoms with van der Waals surface area (Å²) in [5.41, 5.74) is 6.44. The number of halogens is 2. The quantitative estimate of drug-likeness (QED) is 0.272. The second kappa shape index (κ2) is 8.16. The molecule has 2 aromatic carbocycles. The van der Waals surface area contributed by atoms with E-state index in [0.717, 1.165) is 5.92 Å². The first-order valence-corrected chi connectivity index (χ1v) is 10.3. The third-order valence-corrected chi connectivity index (χ3v) is 7.59. The van der Waals surface area contributed by atoms with Crippen molar-refractivity contribution in [3.63, 3.8) is 0 Å². The van der Waals surface area contributed by atoms with Gasteiger partial charge in [-0.1, -0.05) is 48.5 Å². The Kier molecular flexibility index (Phi) is 6.56. The molecule has 152 valence electrons. The van der Waals surface area contributed by atoms with Crippen LogP contribution in [0, 0.1) is 5.92 Å². The van der Waals surface area contributed by atoms with Gasteiger partial charge in [0.05, 0.1) is 27.7 Å². The maximum absolute atomic E-state index is 2.51. The predicted octanol–water partition coefficient (Wildman–Crippen LogP) is -2.17. The van der Waals surface area contributed by atoms with Gasteiger partial charge in [0.15, 0.2) is 0 Å². The molecule has 0 N–H and O–H groups in total. The van der Waals surface area contributed by atoms with Gasteiger partial charge >= 0.3 is 0 Å². The lowest BCUT2D eigenvalue weighted by atomic mass is 9.59. The second-order valence-corrected chi connectivity index (χ2v) is 9.92. The highest BCUT2D eigenvalue weighted by Gasteiger charge is 2.46. The number of nitrogens with zero attached hydrogens (tertiary/aromatic N) is 2. The number of likely N-dealkylation sites (N-methyl/N-ethyl adjacent to an activating group) is 2. The summed E-state index contributed by atoms with van der Waals surface area (Å²) in [6, 6.07) is 18.5. The molecule has 2 nitrogen and oxygen atoms in total. The van der Waals surface area contributed by atoms with E-state index in [1.54, 1.807) is 22.3 Å². The average molecular weight is 602 g/mol. The standard InChI is InChI=1S/C24H32N2.2HI/c1-25(2)12-14-26(3,15-13-25)17-18-16-23-19-8-4-6-10-21(19)24(18)22-11-7-5-9-20(22)23;;/h4-11,18,23-24H,12-17H2,1-3H3;2*1H/q+2;;/p-2. The summed E-state index contributed by atoms with van der Waals surface area (Å²) in [7, 11) is 7.29. The summed E-state index contributed by atoms with van der Waals surface area (Å²) in [5.74, 6) is 2.00. The van der Waals surface area contributed by atoms with Gasteiger partial charge in [-0.3, -0.25) is 0 Å². The molecule has 28 heavy (non-hydrogen) atoms. The zero-order valence-corrected chi connectivity index (χ0v) is 21.6. The van der Waals surface area contributed by atoms with Crippen molar-refractivity contribution in [2.24, 2.45) is 5.92 Å². The van der Waals surface area contributed by atoms with Crippen LogP contribution in [0.5, 0.6) is 0 Å². The Morgan fingerprint density at radius 1 is 0.714 bits per heavy atom. The summed E-state index contributed by atoms with van der Waals surface area (Å²) >= 11 is 0. The lowest BCUT2D eigenvalue weighted by Gasteiger charge is -2.50. The van der Waals surface area contributed by atoms with Gasteiger partial charge in [0, 0.05) is 17.8 Å². The molecular weight excluding hydrogens is 570 g/mol. The minimum Gasteiger partial charge on any atom is -1.00 e. The number of hydrogen-bond donors (Lipinski definition) is 0. The predicted molar refractivity (Wildman–Crippen MR) is 107 cm³/mol. The maximum Gasteiger partial charge on any atom is 0.128 e. The van der Waals surface area contributed by atoms with Gasteiger partial charge in [0.2, 0.25) is 0 Å². The zero-order chi connectivity index (χ0) is 17.9. The van der Waals surface area contributed by atoms with Crippen molar-refractivity contribution < 1.29 is 56.9 Å². The van der Waals surface area contributed by atoms with Crippen molar-refractivity contribution in [2.75, 3.05) is 53.9 Å². The Morgan fingerprint density at radius 2 is 1.18 bits per heavy atom. The first-order valence-electron chi connectivity index (χ1n) is 10.3. The van der Waals surface area contributed by atoms with E-state index >= 15 is 0 Å². The molecule has 6 rings (SSSR count). The van der Waals surface area contributed by atoms with Crippen LogP contribution in [0.15, 0.2) is 48.5 Å². The lowest BCUT2D eigenvalue weighted by Crippen LogP contribution is -3.00. The van der Waals surface area contributed by atoms with Gasteiger partial charge < -0.3 is 56.9 Å². The van der Waals surface area contributed by atoms with E-state index in [2.05, 4.69) is 69.7 Å². The summed E-state index contributed by atoms with van der Waals surface area (Å²) in [6.07, 6.45) is 1.34. The van der Waals surface area contributed by atoms with Crippen LogP contribution in [0.1, 0.15) is 40.5 Å². The maximum atomic E-state index is 2.51. The fourth-order valence-electron chi connectivity index (χ4n) is 5.94. The van der Waals surface area contributed by atoms with Gasteiger partial charge in [-0.25, -0.2) is 0 Å². The van der Waals surface area contributed by atoms with Crippen molar-refractivity contribution >= 4 is 0 Å². The molecule has 0 radical (unpaired) electrons. The lowest BCUT2D eigenvalue weighted by molar-refractivity contribution is -1.01. The number of rotatable bonds is 2. The summed E-state index contributed by atoms with van der Waals surface area (Å²) in [5, 5.41) is 0. The minimum atomic E-state index is 0. The zero-order valence-electron chi connectivity index (χ0n) is 17.2. The van der Waals surface area contributed by atoms with E-state index in [1.165, 1.54) is 48.1 Å². The summed E-state index contributed by atoms with van der Waals surface area (Å²) < 4.78 is 2.45. The third-order valence-electron chi connectivity index (χ3n) is 7.59. The molecule has 1 unspecified atom stereocenters. The molecule has 0 saturated carbocycles. The monoisotopic (exact) mass is 602 g/mol. The molecule has 0 amide bonds. The molecule has 1 fully saturated rings. The summed E-state index contributed by atoms with van der Waals surface area (Å²) in [4.78, 5) is 0. The van der Waals surface area contributed by atoms with E-state index in [4.69, 9.17) is 0 Å². The van der Waals surface area contributed by atoms with Crippen molar-refractivity contribution in [1.29, 1.82) is 0 Å². The topological polar surface area (TPSA) is 0 Å². The molecule has 0 aromatic heterocycles. The molecule has 3 aliphatic carbocycles. The number of fused-ring (bicyclic) bond motifs is 1.